The number of anilines is 2. The Bertz CT molecular complexity index is 812. The number of nitrogens with one attached hydrogen (secondary N) is 1. The van der Waals surface area contributed by atoms with Crippen molar-refractivity contribution >= 4 is 22.9 Å². The van der Waals surface area contributed by atoms with Gasteiger partial charge in [-0.2, -0.15) is 0 Å². The summed E-state index contributed by atoms with van der Waals surface area (Å²) in [5.74, 6) is 1.59. The zero-order valence-electron chi connectivity index (χ0n) is 14.1. The average molecular weight is 339 g/mol. The highest BCUT2D eigenvalue weighted by molar-refractivity contribution is 5.74. The molecule has 1 fully saturated rings. The van der Waals surface area contributed by atoms with Gasteiger partial charge in [-0.1, -0.05) is 18.9 Å². The standard InChI is InChI=1S/C17H21N7O/c1-2-4-11-24(10-3-1)17-16(20-14-15(21-17)23-25-22-14)19-9-7-13-6-5-8-18-12-13/h5-6,8,12H,1-4,7,9-11H2,(H,19,20,22). The zero-order chi connectivity index (χ0) is 16.9. The molecule has 1 saturated heterocycles. The minimum absolute atomic E-state index is 0.433. The van der Waals surface area contributed by atoms with Gasteiger partial charge in [-0.3, -0.25) is 4.98 Å². The van der Waals surface area contributed by atoms with Crippen LogP contribution in [0, 0.1) is 0 Å². The molecule has 4 rings (SSSR count). The van der Waals surface area contributed by atoms with Crippen molar-refractivity contribution in [2.24, 2.45) is 0 Å². The molecule has 0 radical (unpaired) electrons. The molecule has 0 spiro atoms. The number of hydrogen-bond donors (Lipinski definition) is 1. The Labute approximate surface area is 145 Å². The largest absolute Gasteiger partial charge is 0.367 e. The Hall–Kier alpha value is -2.77. The van der Waals surface area contributed by atoms with E-state index in [4.69, 9.17) is 4.63 Å². The molecular weight excluding hydrogens is 318 g/mol. The van der Waals surface area contributed by atoms with E-state index in [0.29, 0.717) is 11.3 Å². The van der Waals surface area contributed by atoms with Crippen molar-refractivity contribution in [3.05, 3.63) is 30.1 Å². The molecular formula is C17H21N7O. The summed E-state index contributed by atoms with van der Waals surface area (Å²) >= 11 is 0. The lowest BCUT2D eigenvalue weighted by Crippen LogP contribution is -2.27. The second-order valence-corrected chi connectivity index (χ2v) is 6.25. The molecule has 8 heteroatoms. The number of aromatic nitrogens is 5. The zero-order valence-corrected chi connectivity index (χ0v) is 14.1. The molecule has 130 valence electrons. The lowest BCUT2D eigenvalue weighted by Gasteiger charge is -2.23. The van der Waals surface area contributed by atoms with E-state index in [0.717, 1.165) is 37.7 Å². The molecule has 1 N–H and O–H groups in total. The summed E-state index contributed by atoms with van der Waals surface area (Å²) in [5.41, 5.74) is 2.07. The normalized spacial score (nSPS) is 15.3. The molecule has 0 unspecified atom stereocenters. The SMILES string of the molecule is c1cncc(CCNc2nc3nonc3nc2N2CCCCCC2)c1. The second kappa shape index (κ2) is 7.42. The molecule has 0 atom stereocenters. The lowest BCUT2D eigenvalue weighted by atomic mass is 10.2. The van der Waals surface area contributed by atoms with Crippen LogP contribution in [0.15, 0.2) is 29.2 Å². The molecule has 0 amide bonds. The number of pyridine rings is 1. The molecule has 0 aliphatic carbocycles. The van der Waals surface area contributed by atoms with Crippen molar-refractivity contribution in [1.82, 2.24) is 25.3 Å². The molecule has 3 aromatic rings. The van der Waals surface area contributed by atoms with Crippen LogP contribution in [0.5, 0.6) is 0 Å². The fourth-order valence-electron chi connectivity index (χ4n) is 3.12. The molecule has 1 aliphatic heterocycles. The molecule has 1 aliphatic rings. The molecule has 4 heterocycles. The van der Waals surface area contributed by atoms with Crippen molar-refractivity contribution in [2.45, 2.75) is 32.1 Å². The molecule has 8 nitrogen and oxygen atoms in total. The van der Waals surface area contributed by atoms with E-state index in [1.165, 1.54) is 31.2 Å². The number of nitrogens with zero attached hydrogens (tertiary/aromatic N) is 6. The highest BCUT2D eigenvalue weighted by Gasteiger charge is 2.19. The van der Waals surface area contributed by atoms with Gasteiger partial charge in [0.1, 0.15) is 0 Å². The van der Waals surface area contributed by atoms with Gasteiger partial charge < -0.3 is 10.2 Å². The maximum absolute atomic E-state index is 4.78. The fourth-order valence-corrected chi connectivity index (χ4v) is 3.12. The van der Waals surface area contributed by atoms with Crippen molar-refractivity contribution in [3.8, 4) is 0 Å². The molecule has 0 aromatic carbocycles. The maximum Gasteiger partial charge on any atom is 0.245 e. The van der Waals surface area contributed by atoms with Crippen LogP contribution in [0.4, 0.5) is 11.6 Å². The van der Waals surface area contributed by atoms with Gasteiger partial charge in [0.15, 0.2) is 11.6 Å². The molecule has 25 heavy (non-hydrogen) atoms. The third-order valence-corrected chi connectivity index (χ3v) is 4.43. The van der Waals surface area contributed by atoms with Gasteiger partial charge in [0.25, 0.3) is 0 Å². The highest BCUT2D eigenvalue weighted by Crippen LogP contribution is 2.26. The fraction of sp³-hybridized carbons (Fsp3) is 0.471. The predicted molar refractivity (Wildman–Crippen MR) is 94.5 cm³/mol. The Morgan fingerprint density at radius 1 is 1.04 bits per heavy atom. The third-order valence-electron chi connectivity index (χ3n) is 4.43. The van der Waals surface area contributed by atoms with E-state index in [1.54, 1.807) is 6.20 Å². The van der Waals surface area contributed by atoms with E-state index in [1.807, 2.05) is 12.3 Å². The summed E-state index contributed by atoms with van der Waals surface area (Å²) in [7, 11) is 0. The monoisotopic (exact) mass is 339 g/mol. The Morgan fingerprint density at radius 2 is 1.84 bits per heavy atom. The van der Waals surface area contributed by atoms with Crippen LogP contribution < -0.4 is 10.2 Å². The minimum Gasteiger partial charge on any atom is -0.367 e. The van der Waals surface area contributed by atoms with Crippen LogP contribution in [-0.4, -0.2) is 44.9 Å². The van der Waals surface area contributed by atoms with Gasteiger partial charge in [-0.15, -0.1) is 0 Å². The van der Waals surface area contributed by atoms with Crippen LogP contribution in [0.3, 0.4) is 0 Å². The quantitative estimate of drug-likeness (QED) is 0.757. The first-order valence-corrected chi connectivity index (χ1v) is 8.78. The van der Waals surface area contributed by atoms with Gasteiger partial charge in [0.05, 0.1) is 0 Å². The van der Waals surface area contributed by atoms with Gasteiger partial charge in [0.2, 0.25) is 11.3 Å². The smallest absolute Gasteiger partial charge is 0.245 e. The number of fused-ring (bicyclic) bond motifs is 1. The first kappa shape index (κ1) is 15.7. The summed E-state index contributed by atoms with van der Waals surface area (Å²) in [6.07, 6.45) is 9.41. The van der Waals surface area contributed by atoms with E-state index in [9.17, 15) is 0 Å². The van der Waals surface area contributed by atoms with Crippen LogP contribution in [-0.2, 0) is 6.42 Å². The number of hydrogen-bond acceptors (Lipinski definition) is 8. The molecule has 0 bridgehead atoms. The highest BCUT2D eigenvalue weighted by atomic mass is 16.6. The van der Waals surface area contributed by atoms with Crippen LogP contribution >= 0.6 is 0 Å². The van der Waals surface area contributed by atoms with Crippen molar-refractivity contribution in [1.29, 1.82) is 0 Å². The summed E-state index contributed by atoms with van der Waals surface area (Å²) in [4.78, 5) is 15.7. The molecule has 3 aromatic heterocycles. The average Bonchev–Trinajstić information content (AvgIpc) is 2.93. The van der Waals surface area contributed by atoms with Gasteiger partial charge >= 0.3 is 0 Å². The lowest BCUT2D eigenvalue weighted by molar-refractivity contribution is 0.314. The van der Waals surface area contributed by atoms with Crippen molar-refractivity contribution in [3.63, 3.8) is 0 Å². The summed E-state index contributed by atoms with van der Waals surface area (Å²) in [6.45, 7) is 2.73. The first-order valence-electron chi connectivity index (χ1n) is 8.78. The minimum atomic E-state index is 0.433. The predicted octanol–water partition coefficient (Wildman–Crippen LogP) is 2.44. The van der Waals surface area contributed by atoms with Crippen molar-refractivity contribution < 1.29 is 4.63 Å². The van der Waals surface area contributed by atoms with Gasteiger partial charge in [-0.25, -0.2) is 14.6 Å². The van der Waals surface area contributed by atoms with Crippen LogP contribution in [0.2, 0.25) is 0 Å². The van der Waals surface area contributed by atoms with E-state index in [2.05, 4.69) is 41.5 Å². The Kier molecular flexibility index (Phi) is 4.67. The van der Waals surface area contributed by atoms with Crippen LogP contribution in [0.1, 0.15) is 31.2 Å². The second-order valence-electron chi connectivity index (χ2n) is 6.25. The third kappa shape index (κ3) is 3.67. The summed E-state index contributed by atoms with van der Waals surface area (Å²) in [5, 5.41) is 11.1. The number of rotatable bonds is 5. The summed E-state index contributed by atoms with van der Waals surface area (Å²) < 4.78 is 4.78. The first-order chi connectivity index (χ1) is 12.4. The van der Waals surface area contributed by atoms with E-state index in [-0.39, 0.29) is 0 Å². The Morgan fingerprint density at radius 3 is 2.60 bits per heavy atom. The van der Waals surface area contributed by atoms with E-state index >= 15 is 0 Å². The van der Waals surface area contributed by atoms with Gasteiger partial charge in [0, 0.05) is 32.0 Å². The Balaban J connectivity index is 1.55. The maximum atomic E-state index is 4.78. The molecule has 0 saturated carbocycles. The van der Waals surface area contributed by atoms with Crippen molar-refractivity contribution in [2.75, 3.05) is 29.9 Å². The topological polar surface area (TPSA) is 92.9 Å². The summed E-state index contributed by atoms with van der Waals surface area (Å²) in [6, 6.07) is 4.02. The van der Waals surface area contributed by atoms with E-state index < -0.39 is 0 Å². The van der Waals surface area contributed by atoms with Gasteiger partial charge in [-0.05, 0) is 41.2 Å². The van der Waals surface area contributed by atoms with Crippen LogP contribution in [0.25, 0.3) is 11.3 Å².